The second-order valence-electron chi connectivity index (χ2n) is 5.11. The van der Waals surface area contributed by atoms with Gasteiger partial charge in [0.1, 0.15) is 0 Å². The number of methoxy groups -OCH3 is 1. The highest BCUT2D eigenvalue weighted by molar-refractivity contribution is 5.30. The highest BCUT2D eigenvalue weighted by Crippen LogP contribution is 2.07. The van der Waals surface area contributed by atoms with Crippen molar-refractivity contribution in [3.63, 3.8) is 0 Å². The maximum atomic E-state index is 5.00. The molecule has 1 heterocycles. The quantitative estimate of drug-likeness (QED) is 0.688. The molecular weight excluding hydrogens is 264 g/mol. The summed E-state index contributed by atoms with van der Waals surface area (Å²) < 4.78 is 6.91. The molecule has 0 radical (unpaired) electrons. The Balaban J connectivity index is 1.75. The van der Waals surface area contributed by atoms with Gasteiger partial charge in [0, 0.05) is 44.5 Å². The summed E-state index contributed by atoms with van der Waals surface area (Å²) in [5.41, 5.74) is 2.26. The number of ether oxygens (including phenoxy) is 1. The summed E-state index contributed by atoms with van der Waals surface area (Å²) in [7, 11) is 1.72. The first kappa shape index (κ1) is 15.7. The van der Waals surface area contributed by atoms with E-state index in [2.05, 4.69) is 28.9 Å². The summed E-state index contributed by atoms with van der Waals surface area (Å²) in [4.78, 5) is 0. The summed E-state index contributed by atoms with van der Waals surface area (Å²) >= 11 is 0. The Morgan fingerprint density at radius 1 is 1.29 bits per heavy atom. The van der Waals surface area contributed by atoms with Gasteiger partial charge in [0.25, 0.3) is 0 Å². The van der Waals surface area contributed by atoms with Gasteiger partial charge in [-0.2, -0.15) is 5.10 Å². The summed E-state index contributed by atoms with van der Waals surface area (Å²) in [6.07, 6.45) is 3.97. The van der Waals surface area contributed by atoms with Crippen LogP contribution in [0.3, 0.4) is 0 Å². The Morgan fingerprint density at radius 2 is 2.10 bits per heavy atom. The molecule has 5 nitrogen and oxygen atoms in total. The molecule has 2 N–H and O–H groups in total. The molecule has 1 unspecified atom stereocenters. The molecule has 0 saturated carbocycles. The molecule has 0 spiro atoms. The minimum Gasteiger partial charge on any atom is -0.383 e. The largest absolute Gasteiger partial charge is 0.383 e. The predicted molar refractivity (Wildman–Crippen MR) is 84.6 cm³/mol. The van der Waals surface area contributed by atoms with Crippen LogP contribution in [-0.2, 0) is 11.3 Å². The number of nitrogens with zero attached hydrogens (tertiary/aromatic N) is 2. The number of benzene rings is 1. The maximum absolute atomic E-state index is 5.00. The molecule has 0 bridgehead atoms. The zero-order valence-corrected chi connectivity index (χ0v) is 12.7. The van der Waals surface area contributed by atoms with Crippen molar-refractivity contribution in [1.82, 2.24) is 20.4 Å². The molecule has 114 valence electrons. The fourth-order valence-corrected chi connectivity index (χ4v) is 2.03. The van der Waals surface area contributed by atoms with E-state index in [1.807, 2.05) is 41.2 Å². The predicted octanol–water partition coefficient (Wildman–Crippen LogP) is 1.59. The molecule has 2 aromatic rings. The van der Waals surface area contributed by atoms with Crippen LogP contribution in [0.5, 0.6) is 0 Å². The van der Waals surface area contributed by atoms with Crippen molar-refractivity contribution in [2.24, 2.45) is 0 Å². The number of aromatic nitrogens is 2. The third-order valence-corrected chi connectivity index (χ3v) is 3.24. The van der Waals surface area contributed by atoms with Crippen molar-refractivity contribution in [1.29, 1.82) is 0 Å². The minimum atomic E-state index is 0.405. The summed E-state index contributed by atoms with van der Waals surface area (Å²) in [6, 6.07) is 10.5. The lowest BCUT2D eigenvalue weighted by molar-refractivity contribution is 0.198. The third kappa shape index (κ3) is 5.30. The van der Waals surface area contributed by atoms with E-state index in [-0.39, 0.29) is 0 Å². The molecule has 0 fully saturated rings. The molecular formula is C16H24N4O. The number of nitrogens with one attached hydrogen (secondary N) is 2. The normalized spacial score (nSPS) is 12.5. The Kier molecular flexibility index (Phi) is 6.40. The molecule has 5 heteroatoms. The fourth-order valence-electron chi connectivity index (χ4n) is 2.03. The minimum absolute atomic E-state index is 0.405. The van der Waals surface area contributed by atoms with Crippen LogP contribution in [0.15, 0.2) is 42.7 Å². The van der Waals surface area contributed by atoms with Crippen LogP contribution >= 0.6 is 0 Å². The Bertz CT molecular complexity index is 512. The Labute approximate surface area is 126 Å². The van der Waals surface area contributed by atoms with E-state index in [1.165, 1.54) is 5.56 Å². The SMILES string of the molecule is COCCNCC(C)NCc1cnn(-c2ccccc2)c1. The van der Waals surface area contributed by atoms with Crippen LogP contribution < -0.4 is 10.6 Å². The molecule has 1 aromatic carbocycles. The van der Waals surface area contributed by atoms with Gasteiger partial charge in [-0.1, -0.05) is 18.2 Å². The maximum Gasteiger partial charge on any atom is 0.0645 e. The van der Waals surface area contributed by atoms with Gasteiger partial charge in [-0.25, -0.2) is 4.68 Å². The van der Waals surface area contributed by atoms with E-state index in [0.717, 1.165) is 31.9 Å². The first-order chi connectivity index (χ1) is 10.3. The lowest BCUT2D eigenvalue weighted by atomic mass is 10.3. The first-order valence-corrected chi connectivity index (χ1v) is 7.31. The van der Waals surface area contributed by atoms with Gasteiger partial charge in [0.15, 0.2) is 0 Å². The van der Waals surface area contributed by atoms with Gasteiger partial charge in [-0.3, -0.25) is 0 Å². The average molecular weight is 288 g/mol. The van der Waals surface area contributed by atoms with Crippen LogP contribution in [0, 0.1) is 0 Å². The zero-order chi connectivity index (χ0) is 14.9. The Hall–Kier alpha value is -1.69. The second kappa shape index (κ2) is 8.56. The highest BCUT2D eigenvalue weighted by atomic mass is 16.5. The number of rotatable bonds is 9. The molecule has 21 heavy (non-hydrogen) atoms. The van der Waals surface area contributed by atoms with Crippen LogP contribution in [0.2, 0.25) is 0 Å². The van der Waals surface area contributed by atoms with Gasteiger partial charge >= 0.3 is 0 Å². The van der Waals surface area contributed by atoms with Crippen molar-refractivity contribution < 1.29 is 4.74 Å². The van der Waals surface area contributed by atoms with Crippen molar-refractivity contribution in [2.45, 2.75) is 19.5 Å². The molecule has 1 atom stereocenters. The number of para-hydroxylation sites is 1. The van der Waals surface area contributed by atoms with Crippen LogP contribution in [-0.4, -0.2) is 42.6 Å². The topological polar surface area (TPSA) is 51.1 Å². The second-order valence-corrected chi connectivity index (χ2v) is 5.11. The van der Waals surface area contributed by atoms with Gasteiger partial charge in [0.2, 0.25) is 0 Å². The van der Waals surface area contributed by atoms with E-state index in [1.54, 1.807) is 7.11 Å². The average Bonchev–Trinajstić information content (AvgIpc) is 2.99. The summed E-state index contributed by atoms with van der Waals surface area (Å²) in [5, 5.41) is 11.2. The lowest BCUT2D eigenvalue weighted by Crippen LogP contribution is -2.37. The standard InChI is InChI=1S/C16H24N4O/c1-14(10-17-8-9-21-2)18-11-15-12-19-20(13-15)16-6-4-3-5-7-16/h3-7,12-14,17-18H,8-11H2,1-2H3. The molecule has 0 aliphatic heterocycles. The smallest absolute Gasteiger partial charge is 0.0645 e. The third-order valence-electron chi connectivity index (χ3n) is 3.24. The lowest BCUT2D eigenvalue weighted by Gasteiger charge is -2.13. The Morgan fingerprint density at radius 3 is 2.86 bits per heavy atom. The van der Waals surface area contributed by atoms with E-state index in [9.17, 15) is 0 Å². The molecule has 0 amide bonds. The summed E-state index contributed by atoms with van der Waals surface area (Å²) in [5.74, 6) is 0. The molecule has 2 rings (SSSR count). The van der Waals surface area contributed by atoms with Crippen molar-refractivity contribution >= 4 is 0 Å². The van der Waals surface area contributed by atoms with Gasteiger partial charge in [-0.15, -0.1) is 0 Å². The van der Waals surface area contributed by atoms with Crippen molar-refractivity contribution in [3.05, 3.63) is 48.3 Å². The van der Waals surface area contributed by atoms with Gasteiger partial charge in [-0.05, 0) is 19.1 Å². The molecule has 0 aliphatic carbocycles. The number of hydrogen-bond donors (Lipinski definition) is 2. The highest BCUT2D eigenvalue weighted by Gasteiger charge is 2.04. The van der Waals surface area contributed by atoms with E-state index < -0.39 is 0 Å². The zero-order valence-electron chi connectivity index (χ0n) is 12.7. The van der Waals surface area contributed by atoms with Gasteiger partial charge in [0.05, 0.1) is 18.5 Å². The van der Waals surface area contributed by atoms with Crippen molar-refractivity contribution in [3.8, 4) is 5.69 Å². The fraction of sp³-hybridized carbons (Fsp3) is 0.438. The van der Waals surface area contributed by atoms with E-state index in [0.29, 0.717) is 6.04 Å². The van der Waals surface area contributed by atoms with Gasteiger partial charge < -0.3 is 15.4 Å². The van der Waals surface area contributed by atoms with E-state index >= 15 is 0 Å². The van der Waals surface area contributed by atoms with E-state index in [4.69, 9.17) is 4.74 Å². The molecule has 1 aromatic heterocycles. The van der Waals surface area contributed by atoms with Crippen LogP contribution in [0.4, 0.5) is 0 Å². The van der Waals surface area contributed by atoms with Crippen molar-refractivity contribution in [2.75, 3.05) is 26.8 Å². The summed E-state index contributed by atoms with van der Waals surface area (Å²) in [6.45, 7) is 5.54. The molecule has 0 saturated heterocycles. The van der Waals surface area contributed by atoms with Crippen LogP contribution in [0.1, 0.15) is 12.5 Å². The molecule has 0 aliphatic rings. The monoisotopic (exact) mass is 288 g/mol. The number of hydrogen-bond acceptors (Lipinski definition) is 4. The first-order valence-electron chi connectivity index (χ1n) is 7.31. The van der Waals surface area contributed by atoms with Crippen LogP contribution in [0.25, 0.3) is 5.69 Å².